The molecule has 0 radical (unpaired) electrons. The van der Waals surface area contributed by atoms with Gasteiger partial charge in [0.1, 0.15) is 30.0 Å². The summed E-state index contributed by atoms with van der Waals surface area (Å²) in [6.07, 6.45) is 0.917. The summed E-state index contributed by atoms with van der Waals surface area (Å²) in [6, 6.07) is 14.8. The SMILES string of the molecule is COc1ccc(OCC(O)CN(Cc2cc(OC)c(OC)c(OC)c2)Cc2ccco2)cc1. The molecule has 0 aliphatic carbocycles. The second-order valence-corrected chi connectivity index (χ2v) is 7.42. The third kappa shape index (κ3) is 6.81. The Balaban J connectivity index is 1.70. The molecule has 2 aromatic carbocycles. The van der Waals surface area contributed by atoms with Crippen LogP contribution in [0.1, 0.15) is 11.3 Å². The van der Waals surface area contributed by atoms with E-state index in [1.165, 1.54) is 0 Å². The molecule has 3 aromatic rings. The molecule has 0 fully saturated rings. The third-order valence-electron chi connectivity index (χ3n) is 5.06. The lowest BCUT2D eigenvalue weighted by molar-refractivity contribution is 0.0604. The van der Waals surface area contributed by atoms with Crippen molar-refractivity contribution in [2.75, 3.05) is 41.6 Å². The first-order chi connectivity index (χ1) is 16.1. The highest BCUT2D eigenvalue weighted by Gasteiger charge is 2.18. The summed E-state index contributed by atoms with van der Waals surface area (Å²) in [7, 11) is 6.35. The molecular formula is C25H31NO7. The van der Waals surface area contributed by atoms with Crippen LogP contribution in [0.4, 0.5) is 0 Å². The summed E-state index contributed by atoms with van der Waals surface area (Å²) in [5.74, 6) is 3.90. The second kappa shape index (κ2) is 12.0. The van der Waals surface area contributed by atoms with Gasteiger partial charge in [-0.05, 0) is 54.1 Å². The Morgan fingerprint density at radius 3 is 2.06 bits per heavy atom. The fraction of sp³-hybridized carbons (Fsp3) is 0.360. The van der Waals surface area contributed by atoms with Crippen LogP contribution in [0.15, 0.2) is 59.2 Å². The van der Waals surface area contributed by atoms with E-state index >= 15 is 0 Å². The molecule has 8 heteroatoms. The summed E-state index contributed by atoms with van der Waals surface area (Å²) < 4.78 is 32.8. The van der Waals surface area contributed by atoms with Gasteiger partial charge in [-0.3, -0.25) is 4.90 Å². The summed E-state index contributed by atoms with van der Waals surface area (Å²) in [6.45, 7) is 1.56. The van der Waals surface area contributed by atoms with Crippen molar-refractivity contribution in [2.45, 2.75) is 19.2 Å². The number of furan rings is 1. The van der Waals surface area contributed by atoms with Crippen molar-refractivity contribution >= 4 is 0 Å². The second-order valence-electron chi connectivity index (χ2n) is 7.42. The zero-order chi connectivity index (χ0) is 23.6. The van der Waals surface area contributed by atoms with E-state index in [4.69, 9.17) is 28.1 Å². The van der Waals surface area contributed by atoms with Gasteiger partial charge >= 0.3 is 0 Å². The summed E-state index contributed by atoms with van der Waals surface area (Å²) >= 11 is 0. The Labute approximate surface area is 194 Å². The minimum atomic E-state index is -0.718. The highest BCUT2D eigenvalue weighted by molar-refractivity contribution is 5.53. The number of benzene rings is 2. The van der Waals surface area contributed by atoms with Gasteiger partial charge < -0.3 is 33.2 Å². The lowest BCUT2D eigenvalue weighted by Crippen LogP contribution is -2.35. The number of hydrogen-bond acceptors (Lipinski definition) is 8. The Bertz CT molecular complexity index is 948. The Morgan fingerprint density at radius 1 is 0.848 bits per heavy atom. The first-order valence-corrected chi connectivity index (χ1v) is 10.5. The molecule has 8 nitrogen and oxygen atoms in total. The normalized spacial score (nSPS) is 11.8. The van der Waals surface area contributed by atoms with Gasteiger partial charge in [0.25, 0.3) is 0 Å². The third-order valence-corrected chi connectivity index (χ3v) is 5.06. The number of rotatable bonds is 13. The largest absolute Gasteiger partial charge is 0.497 e. The average molecular weight is 458 g/mol. The standard InChI is InChI=1S/C25H31NO7/c1-28-20-7-9-21(10-8-20)33-17-19(27)15-26(16-22-6-5-11-32-22)14-18-12-23(29-2)25(31-4)24(13-18)30-3/h5-13,19,27H,14-17H2,1-4H3. The molecule has 3 rings (SSSR count). The maximum absolute atomic E-state index is 10.7. The van der Waals surface area contributed by atoms with Crippen LogP contribution in [0.2, 0.25) is 0 Å². The van der Waals surface area contributed by atoms with Gasteiger partial charge in [-0.25, -0.2) is 0 Å². The monoisotopic (exact) mass is 457 g/mol. The average Bonchev–Trinajstić information content (AvgIpc) is 3.35. The number of ether oxygens (including phenoxy) is 5. The summed E-state index contributed by atoms with van der Waals surface area (Å²) in [4.78, 5) is 2.07. The topological polar surface area (TPSA) is 82.8 Å². The molecule has 1 aromatic heterocycles. The quantitative estimate of drug-likeness (QED) is 0.416. The number of hydrogen-bond donors (Lipinski definition) is 1. The molecule has 0 aliphatic heterocycles. The van der Waals surface area contributed by atoms with E-state index in [9.17, 15) is 5.11 Å². The number of aliphatic hydroxyl groups excluding tert-OH is 1. The molecule has 178 valence electrons. The molecule has 0 amide bonds. The molecule has 0 aliphatic rings. The van der Waals surface area contributed by atoms with Crippen LogP contribution < -0.4 is 23.7 Å². The van der Waals surface area contributed by atoms with Crippen LogP contribution in [0.3, 0.4) is 0 Å². The molecule has 1 heterocycles. The molecule has 33 heavy (non-hydrogen) atoms. The van der Waals surface area contributed by atoms with Crippen LogP contribution >= 0.6 is 0 Å². The molecule has 0 bridgehead atoms. The van der Waals surface area contributed by atoms with Gasteiger partial charge in [0, 0.05) is 13.1 Å². The van der Waals surface area contributed by atoms with Crippen molar-refractivity contribution in [2.24, 2.45) is 0 Å². The van der Waals surface area contributed by atoms with Gasteiger partial charge in [0.15, 0.2) is 11.5 Å². The van der Waals surface area contributed by atoms with Crippen molar-refractivity contribution in [3.8, 4) is 28.7 Å². The lowest BCUT2D eigenvalue weighted by Gasteiger charge is -2.25. The highest BCUT2D eigenvalue weighted by atomic mass is 16.5. The zero-order valence-corrected chi connectivity index (χ0v) is 19.4. The molecule has 1 atom stereocenters. The first kappa shape index (κ1) is 24.3. The van der Waals surface area contributed by atoms with Gasteiger partial charge in [0.05, 0.1) is 41.2 Å². The Hall–Kier alpha value is -3.36. The van der Waals surface area contributed by atoms with Crippen molar-refractivity contribution in [3.05, 3.63) is 66.1 Å². The predicted octanol–water partition coefficient (Wildman–Crippen LogP) is 3.76. The van der Waals surface area contributed by atoms with Crippen molar-refractivity contribution in [3.63, 3.8) is 0 Å². The summed E-state index contributed by atoms with van der Waals surface area (Å²) in [5, 5.41) is 10.7. The number of nitrogens with zero attached hydrogens (tertiary/aromatic N) is 1. The van der Waals surface area contributed by atoms with E-state index in [1.54, 1.807) is 34.7 Å². The minimum absolute atomic E-state index is 0.149. The molecule has 0 saturated heterocycles. The van der Waals surface area contributed by atoms with Gasteiger partial charge in [-0.2, -0.15) is 0 Å². The van der Waals surface area contributed by atoms with Gasteiger partial charge in [-0.1, -0.05) is 0 Å². The van der Waals surface area contributed by atoms with Crippen LogP contribution in [0.5, 0.6) is 28.7 Å². The zero-order valence-electron chi connectivity index (χ0n) is 19.4. The van der Waals surface area contributed by atoms with Crippen LogP contribution in [0, 0.1) is 0 Å². The highest BCUT2D eigenvalue weighted by Crippen LogP contribution is 2.38. The Morgan fingerprint density at radius 2 is 1.52 bits per heavy atom. The molecule has 1 N–H and O–H groups in total. The minimum Gasteiger partial charge on any atom is -0.497 e. The smallest absolute Gasteiger partial charge is 0.203 e. The van der Waals surface area contributed by atoms with Crippen molar-refractivity contribution in [1.82, 2.24) is 4.90 Å². The van der Waals surface area contributed by atoms with Crippen LogP contribution in [-0.2, 0) is 13.1 Å². The molecule has 0 spiro atoms. The molecule has 0 saturated carbocycles. The van der Waals surface area contributed by atoms with E-state index < -0.39 is 6.10 Å². The predicted molar refractivity (Wildman–Crippen MR) is 123 cm³/mol. The van der Waals surface area contributed by atoms with E-state index in [-0.39, 0.29) is 6.61 Å². The van der Waals surface area contributed by atoms with Gasteiger partial charge in [0.2, 0.25) is 5.75 Å². The number of aliphatic hydroxyl groups is 1. The van der Waals surface area contributed by atoms with E-state index in [0.717, 1.165) is 17.1 Å². The van der Waals surface area contributed by atoms with E-state index in [1.807, 2.05) is 48.5 Å². The maximum atomic E-state index is 10.7. The number of methoxy groups -OCH3 is 4. The van der Waals surface area contributed by atoms with Crippen LogP contribution in [-0.4, -0.2) is 57.7 Å². The van der Waals surface area contributed by atoms with E-state index in [0.29, 0.717) is 42.6 Å². The van der Waals surface area contributed by atoms with Crippen molar-refractivity contribution < 1.29 is 33.2 Å². The van der Waals surface area contributed by atoms with Gasteiger partial charge in [-0.15, -0.1) is 0 Å². The molecule has 1 unspecified atom stereocenters. The maximum Gasteiger partial charge on any atom is 0.203 e. The lowest BCUT2D eigenvalue weighted by atomic mass is 10.1. The van der Waals surface area contributed by atoms with E-state index in [2.05, 4.69) is 4.90 Å². The molecular weight excluding hydrogens is 426 g/mol. The fourth-order valence-electron chi connectivity index (χ4n) is 3.51. The fourth-order valence-corrected chi connectivity index (χ4v) is 3.51. The summed E-state index contributed by atoms with van der Waals surface area (Å²) in [5.41, 5.74) is 0.944. The van der Waals surface area contributed by atoms with Crippen molar-refractivity contribution in [1.29, 1.82) is 0 Å². The first-order valence-electron chi connectivity index (χ1n) is 10.5. The Kier molecular flexibility index (Phi) is 8.86. The van der Waals surface area contributed by atoms with Crippen LogP contribution in [0.25, 0.3) is 0 Å².